The van der Waals surface area contributed by atoms with E-state index < -0.39 is 0 Å². The lowest BCUT2D eigenvalue weighted by Crippen LogP contribution is -2.27. The van der Waals surface area contributed by atoms with E-state index in [0.29, 0.717) is 11.6 Å². The molecule has 2 rings (SSSR count). The maximum Gasteiger partial charge on any atom is 0.263 e. The molecule has 0 bridgehead atoms. The van der Waals surface area contributed by atoms with Crippen molar-refractivity contribution in [3.05, 3.63) is 23.4 Å². The number of carbonyl (C=O) groups excluding carboxylic acids is 1. The number of hydrogen-bond acceptors (Lipinski definition) is 3. The van der Waals surface area contributed by atoms with Crippen LogP contribution in [0.2, 0.25) is 0 Å². The number of fused-ring (bicyclic) bond motifs is 1. The van der Waals surface area contributed by atoms with Gasteiger partial charge in [0.25, 0.3) is 5.91 Å². The number of hydrogen-bond donors (Lipinski definition) is 1. The predicted molar refractivity (Wildman–Crippen MR) is 57.9 cm³/mol. The molecule has 0 aliphatic carbocycles. The van der Waals surface area contributed by atoms with Gasteiger partial charge in [0.1, 0.15) is 0 Å². The first-order valence-corrected chi connectivity index (χ1v) is 4.69. The molecule has 2 heterocycles. The zero-order valence-corrected chi connectivity index (χ0v) is 8.76. The van der Waals surface area contributed by atoms with Crippen molar-refractivity contribution in [2.24, 2.45) is 0 Å². The number of nitrogens with zero attached hydrogens (tertiary/aromatic N) is 1. The highest BCUT2D eigenvalue weighted by Crippen LogP contribution is 2.33. The largest absolute Gasteiger partial charge is 0.480 e. The second-order valence-electron chi connectivity index (χ2n) is 3.45. The lowest BCUT2D eigenvalue weighted by atomic mass is 10.1. The van der Waals surface area contributed by atoms with E-state index in [-0.39, 0.29) is 12.5 Å². The minimum Gasteiger partial charge on any atom is -0.480 e. The highest BCUT2D eigenvalue weighted by atomic mass is 16.5. The van der Waals surface area contributed by atoms with Crippen LogP contribution in [0.25, 0.3) is 6.08 Å². The molecule has 0 saturated heterocycles. The molecule has 15 heavy (non-hydrogen) atoms. The third-order valence-electron chi connectivity index (χ3n) is 2.44. The van der Waals surface area contributed by atoms with Crippen molar-refractivity contribution in [1.82, 2.24) is 4.98 Å². The quantitative estimate of drug-likeness (QED) is 0.757. The van der Waals surface area contributed by atoms with Crippen molar-refractivity contribution in [3.63, 3.8) is 0 Å². The Hall–Kier alpha value is -1.84. The van der Waals surface area contributed by atoms with Gasteiger partial charge in [0.05, 0.1) is 0 Å². The van der Waals surface area contributed by atoms with Gasteiger partial charge in [-0.3, -0.25) is 4.79 Å². The Kier molecular flexibility index (Phi) is 2.19. The van der Waals surface area contributed by atoms with Gasteiger partial charge in [-0.15, -0.1) is 0 Å². The predicted octanol–water partition coefficient (Wildman–Crippen LogP) is 1.67. The number of amides is 1. The molecule has 4 heteroatoms. The van der Waals surface area contributed by atoms with Crippen LogP contribution < -0.4 is 10.1 Å². The molecule has 0 atom stereocenters. The van der Waals surface area contributed by atoms with Gasteiger partial charge in [-0.1, -0.05) is 12.7 Å². The number of anilines is 1. The van der Waals surface area contributed by atoms with Crippen LogP contribution in [-0.4, -0.2) is 17.5 Å². The monoisotopic (exact) mass is 204 g/mol. The number of ether oxygens (including phenoxy) is 1. The van der Waals surface area contributed by atoms with E-state index in [1.165, 1.54) is 0 Å². The summed E-state index contributed by atoms with van der Waals surface area (Å²) in [5.41, 5.74) is 2.77. The summed E-state index contributed by atoms with van der Waals surface area (Å²) in [6.45, 7) is 7.60. The molecule has 1 aliphatic rings. The van der Waals surface area contributed by atoms with Gasteiger partial charge >= 0.3 is 0 Å². The van der Waals surface area contributed by atoms with Crippen molar-refractivity contribution in [1.29, 1.82) is 0 Å². The maximum absolute atomic E-state index is 11.1. The number of rotatable bonds is 1. The molecule has 4 nitrogen and oxygen atoms in total. The van der Waals surface area contributed by atoms with Crippen LogP contribution in [0.3, 0.4) is 0 Å². The van der Waals surface area contributed by atoms with Gasteiger partial charge in [0.2, 0.25) is 0 Å². The van der Waals surface area contributed by atoms with E-state index in [0.717, 1.165) is 16.8 Å². The topological polar surface area (TPSA) is 51.2 Å². The minimum atomic E-state index is -0.167. The molecule has 78 valence electrons. The van der Waals surface area contributed by atoms with Gasteiger partial charge in [0, 0.05) is 16.8 Å². The highest BCUT2D eigenvalue weighted by Gasteiger charge is 2.21. The van der Waals surface area contributed by atoms with Crippen molar-refractivity contribution < 1.29 is 9.53 Å². The van der Waals surface area contributed by atoms with Gasteiger partial charge in [0.15, 0.2) is 18.2 Å². The molecule has 1 amide bonds. The van der Waals surface area contributed by atoms with Crippen LogP contribution in [0.1, 0.15) is 16.8 Å². The molecule has 1 N–H and O–H groups in total. The van der Waals surface area contributed by atoms with E-state index in [4.69, 9.17) is 4.74 Å². The molecule has 0 saturated carbocycles. The van der Waals surface area contributed by atoms with E-state index in [9.17, 15) is 4.79 Å². The summed E-state index contributed by atoms with van der Waals surface area (Å²) < 4.78 is 5.34. The van der Waals surface area contributed by atoms with Gasteiger partial charge in [-0.25, -0.2) is 4.98 Å². The minimum absolute atomic E-state index is 0.0508. The molecule has 0 radical (unpaired) electrons. The second-order valence-corrected chi connectivity index (χ2v) is 3.45. The van der Waals surface area contributed by atoms with Crippen LogP contribution in [-0.2, 0) is 4.79 Å². The SMILES string of the molecule is C=Cc1c(C)nc2c(c1C)OCC(=O)N2. The number of nitrogens with one attached hydrogen (secondary N) is 1. The van der Waals surface area contributed by atoms with Crippen LogP contribution >= 0.6 is 0 Å². The molecule has 0 unspecified atom stereocenters. The van der Waals surface area contributed by atoms with Crippen LogP contribution in [0.4, 0.5) is 5.82 Å². The summed E-state index contributed by atoms with van der Waals surface area (Å²) in [4.78, 5) is 15.4. The number of pyridine rings is 1. The van der Waals surface area contributed by atoms with Gasteiger partial charge in [-0.2, -0.15) is 0 Å². The first-order valence-electron chi connectivity index (χ1n) is 4.69. The Labute approximate surface area is 88.0 Å². The molecular formula is C11H12N2O2. The standard InChI is InChI=1S/C11H12N2O2/c1-4-8-6(2)10-11(12-7(8)3)13-9(14)5-15-10/h4H,1,5H2,2-3H3,(H,12,13,14). The Morgan fingerprint density at radius 1 is 1.53 bits per heavy atom. The summed E-state index contributed by atoms with van der Waals surface area (Å²) in [7, 11) is 0. The Morgan fingerprint density at radius 3 is 2.93 bits per heavy atom. The highest BCUT2D eigenvalue weighted by molar-refractivity contribution is 5.94. The summed E-state index contributed by atoms with van der Waals surface area (Å²) >= 11 is 0. The lowest BCUT2D eigenvalue weighted by molar-refractivity contribution is -0.118. The Morgan fingerprint density at radius 2 is 2.27 bits per heavy atom. The number of aromatic nitrogens is 1. The molecule has 1 aromatic heterocycles. The van der Waals surface area contributed by atoms with Crippen LogP contribution in [0.5, 0.6) is 5.75 Å². The van der Waals surface area contributed by atoms with E-state index in [2.05, 4.69) is 16.9 Å². The van der Waals surface area contributed by atoms with Crippen molar-refractivity contribution in [2.45, 2.75) is 13.8 Å². The smallest absolute Gasteiger partial charge is 0.263 e. The van der Waals surface area contributed by atoms with Crippen molar-refractivity contribution in [2.75, 3.05) is 11.9 Å². The Bertz CT molecular complexity index is 452. The first kappa shape index (κ1) is 9.71. The van der Waals surface area contributed by atoms with Gasteiger partial charge < -0.3 is 10.1 Å². The summed E-state index contributed by atoms with van der Waals surface area (Å²) in [5, 5.41) is 2.68. The Balaban J connectivity index is 2.62. The third kappa shape index (κ3) is 1.48. The molecular weight excluding hydrogens is 192 g/mol. The maximum atomic E-state index is 11.1. The fraction of sp³-hybridized carbons (Fsp3) is 0.273. The molecule has 1 aromatic rings. The second kappa shape index (κ2) is 3.38. The molecule has 0 aromatic carbocycles. The van der Waals surface area contributed by atoms with Crippen LogP contribution in [0, 0.1) is 13.8 Å². The summed E-state index contributed by atoms with van der Waals surface area (Å²) in [6.07, 6.45) is 1.75. The third-order valence-corrected chi connectivity index (χ3v) is 2.44. The number of aryl methyl sites for hydroxylation is 1. The average Bonchev–Trinajstić information content (AvgIpc) is 2.17. The zero-order chi connectivity index (χ0) is 11.0. The molecule has 0 fully saturated rings. The summed E-state index contributed by atoms with van der Waals surface area (Å²) in [6, 6.07) is 0. The van der Waals surface area contributed by atoms with E-state index >= 15 is 0 Å². The normalized spacial score (nSPS) is 13.9. The van der Waals surface area contributed by atoms with Crippen molar-refractivity contribution in [3.8, 4) is 5.75 Å². The first-order chi connectivity index (χ1) is 7.13. The lowest BCUT2D eigenvalue weighted by Gasteiger charge is -2.20. The fourth-order valence-corrected chi connectivity index (χ4v) is 1.72. The average molecular weight is 204 g/mol. The van der Waals surface area contributed by atoms with E-state index in [1.807, 2.05) is 13.8 Å². The van der Waals surface area contributed by atoms with Crippen LogP contribution in [0.15, 0.2) is 6.58 Å². The summed E-state index contributed by atoms with van der Waals surface area (Å²) in [5.74, 6) is 0.988. The molecule has 1 aliphatic heterocycles. The van der Waals surface area contributed by atoms with Crippen molar-refractivity contribution >= 4 is 17.8 Å². The molecule has 0 spiro atoms. The van der Waals surface area contributed by atoms with E-state index in [1.54, 1.807) is 6.08 Å². The van der Waals surface area contributed by atoms with Gasteiger partial charge in [-0.05, 0) is 13.8 Å². The fourth-order valence-electron chi connectivity index (χ4n) is 1.72. The number of carbonyl (C=O) groups is 1. The zero-order valence-electron chi connectivity index (χ0n) is 8.76.